The Balaban J connectivity index is 1.80. The standard InChI is InChI=1S/C15H16ClN3O2/c1-17-6-8-18(9-7-17)13-10-14(20)19(15(13)21)12-4-2-11(16)3-5-12/h2-5,10H,6-9H2,1H3/p+1. The van der Waals surface area contributed by atoms with Crippen LogP contribution in [0.15, 0.2) is 36.0 Å². The number of anilines is 1. The summed E-state index contributed by atoms with van der Waals surface area (Å²) in [5, 5.41) is 0.577. The summed E-state index contributed by atoms with van der Waals surface area (Å²) in [7, 11) is 2.13. The molecule has 2 aliphatic heterocycles. The number of carbonyl (C=O) groups excluding carboxylic acids is 2. The topological polar surface area (TPSA) is 45.1 Å². The van der Waals surface area contributed by atoms with E-state index in [1.807, 2.05) is 4.90 Å². The van der Waals surface area contributed by atoms with Crippen molar-refractivity contribution < 1.29 is 14.5 Å². The Morgan fingerprint density at radius 2 is 1.71 bits per heavy atom. The van der Waals surface area contributed by atoms with Gasteiger partial charge < -0.3 is 9.80 Å². The van der Waals surface area contributed by atoms with Gasteiger partial charge in [-0.25, -0.2) is 4.90 Å². The van der Waals surface area contributed by atoms with Crippen LogP contribution in [0, 0.1) is 0 Å². The second kappa shape index (κ2) is 5.50. The number of hydrogen-bond acceptors (Lipinski definition) is 3. The highest BCUT2D eigenvalue weighted by molar-refractivity contribution is 6.32. The van der Waals surface area contributed by atoms with Crippen LogP contribution in [0.4, 0.5) is 5.69 Å². The van der Waals surface area contributed by atoms with Gasteiger partial charge in [0, 0.05) is 11.1 Å². The fourth-order valence-electron chi connectivity index (χ4n) is 2.65. The van der Waals surface area contributed by atoms with E-state index in [9.17, 15) is 9.59 Å². The van der Waals surface area contributed by atoms with Crippen LogP contribution in [0.1, 0.15) is 0 Å². The number of carbonyl (C=O) groups is 2. The Morgan fingerprint density at radius 1 is 1.10 bits per heavy atom. The molecule has 0 saturated carbocycles. The second-order valence-corrected chi connectivity index (χ2v) is 5.87. The number of hydrogen-bond donors (Lipinski definition) is 1. The normalized spacial score (nSPS) is 20.2. The molecule has 2 aliphatic rings. The van der Waals surface area contributed by atoms with E-state index in [1.54, 1.807) is 24.3 Å². The maximum atomic E-state index is 12.5. The molecule has 1 saturated heterocycles. The second-order valence-electron chi connectivity index (χ2n) is 5.43. The van der Waals surface area contributed by atoms with Gasteiger partial charge in [-0.3, -0.25) is 9.59 Å². The average molecular weight is 307 g/mol. The van der Waals surface area contributed by atoms with Crippen LogP contribution in [-0.2, 0) is 9.59 Å². The molecule has 5 nitrogen and oxygen atoms in total. The Morgan fingerprint density at radius 3 is 2.33 bits per heavy atom. The monoisotopic (exact) mass is 306 g/mol. The first-order chi connectivity index (χ1) is 10.1. The molecule has 0 spiro atoms. The molecule has 2 heterocycles. The molecule has 1 N–H and O–H groups in total. The third-order valence-corrected chi connectivity index (χ3v) is 4.20. The Labute approximate surface area is 128 Å². The SMILES string of the molecule is C[NH+]1CCN(C2=CC(=O)N(c3ccc(Cl)cc3)C2=O)CC1. The first-order valence-electron chi connectivity index (χ1n) is 6.98. The molecule has 2 amide bonds. The van der Waals surface area contributed by atoms with Crippen molar-refractivity contribution >= 4 is 29.1 Å². The van der Waals surface area contributed by atoms with Crippen LogP contribution < -0.4 is 9.80 Å². The lowest BCUT2D eigenvalue weighted by molar-refractivity contribution is -0.883. The molecule has 0 bridgehead atoms. The van der Waals surface area contributed by atoms with Crippen molar-refractivity contribution in [3.05, 3.63) is 41.1 Å². The molecular weight excluding hydrogens is 290 g/mol. The highest BCUT2D eigenvalue weighted by atomic mass is 35.5. The minimum atomic E-state index is -0.288. The van der Waals surface area contributed by atoms with E-state index in [0.29, 0.717) is 16.4 Å². The number of likely N-dealkylation sites (N-methyl/N-ethyl adjacent to an activating group) is 1. The summed E-state index contributed by atoms with van der Waals surface area (Å²) < 4.78 is 0. The fourth-order valence-corrected chi connectivity index (χ4v) is 2.77. The summed E-state index contributed by atoms with van der Waals surface area (Å²) in [6, 6.07) is 6.72. The quantitative estimate of drug-likeness (QED) is 0.778. The highest BCUT2D eigenvalue weighted by Gasteiger charge is 2.36. The van der Waals surface area contributed by atoms with Crippen molar-refractivity contribution in [3.8, 4) is 0 Å². The van der Waals surface area contributed by atoms with Gasteiger partial charge in [0.15, 0.2) is 0 Å². The average Bonchev–Trinajstić information content (AvgIpc) is 2.76. The molecule has 0 unspecified atom stereocenters. The largest absolute Gasteiger partial charge is 0.356 e. The van der Waals surface area contributed by atoms with E-state index in [-0.39, 0.29) is 11.8 Å². The number of amides is 2. The van der Waals surface area contributed by atoms with Crippen molar-refractivity contribution in [1.82, 2.24) is 4.90 Å². The van der Waals surface area contributed by atoms with E-state index in [2.05, 4.69) is 7.05 Å². The van der Waals surface area contributed by atoms with Crippen LogP contribution in [0.25, 0.3) is 0 Å². The zero-order valence-corrected chi connectivity index (χ0v) is 12.6. The van der Waals surface area contributed by atoms with Gasteiger partial charge in [0.2, 0.25) is 0 Å². The summed E-state index contributed by atoms with van der Waals surface area (Å²) in [6.45, 7) is 3.54. The molecule has 0 atom stereocenters. The Kier molecular flexibility index (Phi) is 3.69. The number of quaternary nitrogens is 1. The minimum absolute atomic E-state index is 0.248. The summed E-state index contributed by atoms with van der Waals surface area (Å²) in [5.74, 6) is -0.537. The first-order valence-corrected chi connectivity index (χ1v) is 7.36. The van der Waals surface area contributed by atoms with E-state index < -0.39 is 0 Å². The number of piperazine rings is 1. The molecular formula is C15H17ClN3O2+. The van der Waals surface area contributed by atoms with E-state index >= 15 is 0 Å². The van der Waals surface area contributed by atoms with Gasteiger partial charge in [0.25, 0.3) is 11.8 Å². The summed E-state index contributed by atoms with van der Waals surface area (Å²) >= 11 is 5.84. The Hall–Kier alpha value is -1.85. The minimum Gasteiger partial charge on any atom is -0.356 e. The summed E-state index contributed by atoms with van der Waals surface area (Å²) in [6.07, 6.45) is 1.44. The van der Waals surface area contributed by atoms with Gasteiger partial charge in [0.1, 0.15) is 5.70 Å². The predicted octanol–water partition coefficient (Wildman–Crippen LogP) is -0.0726. The van der Waals surface area contributed by atoms with Crippen molar-refractivity contribution in [2.75, 3.05) is 38.1 Å². The number of nitrogens with zero attached hydrogens (tertiary/aromatic N) is 2. The van der Waals surface area contributed by atoms with E-state index in [4.69, 9.17) is 11.6 Å². The number of benzene rings is 1. The van der Waals surface area contributed by atoms with Crippen molar-refractivity contribution in [1.29, 1.82) is 0 Å². The smallest absolute Gasteiger partial charge is 0.281 e. The molecule has 21 heavy (non-hydrogen) atoms. The first kappa shape index (κ1) is 14.1. The zero-order valence-electron chi connectivity index (χ0n) is 11.8. The zero-order chi connectivity index (χ0) is 15.0. The number of rotatable bonds is 2. The van der Waals surface area contributed by atoms with Gasteiger partial charge >= 0.3 is 0 Å². The lowest BCUT2D eigenvalue weighted by Gasteiger charge is -2.31. The third kappa shape index (κ3) is 2.66. The number of imide groups is 1. The van der Waals surface area contributed by atoms with Gasteiger partial charge in [-0.2, -0.15) is 0 Å². The van der Waals surface area contributed by atoms with Crippen molar-refractivity contribution in [2.24, 2.45) is 0 Å². The molecule has 0 aliphatic carbocycles. The van der Waals surface area contributed by atoms with Crippen LogP contribution in [0.3, 0.4) is 0 Å². The predicted molar refractivity (Wildman–Crippen MR) is 80.2 cm³/mol. The maximum absolute atomic E-state index is 12.5. The number of nitrogens with one attached hydrogen (secondary N) is 1. The Bertz CT molecular complexity index is 604. The van der Waals surface area contributed by atoms with E-state index in [1.165, 1.54) is 15.9 Å². The van der Waals surface area contributed by atoms with Crippen molar-refractivity contribution in [2.45, 2.75) is 0 Å². The van der Waals surface area contributed by atoms with E-state index in [0.717, 1.165) is 26.2 Å². The fraction of sp³-hybridized carbons (Fsp3) is 0.333. The molecule has 1 fully saturated rings. The lowest BCUT2D eigenvalue weighted by atomic mass is 10.2. The molecule has 3 rings (SSSR count). The van der Waals surface area contributed by atoms with Gasteiger partial charge in [-0.05, 0) is 24.3 Å². The van der Waals surface area contributed by atoms with Gasteiger partial charge in [-0.1, -0.05) is 11.6 Å². The summed E-state index contributed by atoms with van der Waals surface area (Å²) in [5.41, 5.74) is 1.06. The number of halogens is 1. The lowest BCUT2D eigenvalue weighted by Crippen LogP contribution is -3.11. The molecule has 110 valence electrons. The third-order valence-electron chi connectivity index (χ3n) is 3.95. The molecule has 0 radical (unpaired) electrons. The molecule has 1 aromatic rings. The van der Waals surface area contributed by atoms with Crippen LogP contribution in [0.5, 0.6) is 0 Å². The van der Waals surface area contributed by atoms with Crippen LogP contribution in [-0.4, -0.2) is 49.9 Å². The van der Waals surface area contributed by atoms with Crippen LogP contribution in [0.2, 0.25) is 5.02 Å². The maximum Gasteiger partial charge on any atom is 0.281 e. The van der Waals surface area contributed by atoms with Gasteiger partial charge in [0.05, 0.1) is 38.9 Å². The molecule has 1 aromatic carbocycles. The van der Waals surface area contributed by atoms with Crippen LogP contribution >= 0.6 is 11.6 Å². The molecule has 0 aromatic heterocycles. The van der Waals surface area contributed by atoms with Gasteiger partial charge in [-0.15, -0.1) is 0 Å². The highest BCUT2D eigenvalue weighted by Crippen LogP contribution is 2.25. The molecule has 6 heteroatoms. The van der Waals surface area contributed by atoms with Crippen molar-refractivity contribution in [3.63, 3.8) is 0 Å². The summed E-state index contributed by atoms with van der Waals surface area (Å²) in [4.78, 5) is 29.3.